The van der Waals surface area contributed by atoms with E-state index >= 15 is 0 Å². The number of morpholine rings is 1. The number of carbonyl (C=O) groups is 1. The first kappa shape index (κ1) is 12.4. The molecule has 88 valence electrons. The molecule has 0 aromatic carbocycles. The SMILES string of the molecule is CC(N)C(=O)NCCN1CCOCC1C. The van der Waals surface area contributed by atoms with Crippen LogP contribution < -0.4 is 11.1 Å². The molecule has 0 radical (unpaired) electrons. The van der Waals surface area contributed by atoms with Crippen molar-refractivity contribution in [2.45, 2.75) is 25.9 Å². The zero-order chi connectivity index (χ0) is 11.3. The lowest BCUT2D eigenvalue weighted by Crippen LogP contribution is -2.48. The van der Waals surface area contributed by atoms with E-state index in [9.17, 15) is 4.79 Å². The molecule has 5 heteroatoms. The summed E-state index contributed by atoms with van der Waals surface area (Å²) in [7, 11) is 0. The Kier molecular flexibility index (Phi) is 5.01. The first-order valence-electron chi connectivity index (χ1n) is 5.46. The van der Waals surface area contributed by atoms with Crippen LogP contribution in [0.15, 0.2) is 0 Å². The molecule has 0 bridgehead atoms. The quantitative estimate of drug-likeness (QED) is 0.642. The maximum atomic E-state index is 11.2. The third-order valence-electron chi connectivity index (χ3n) is 2.62. The monoisotopic (exact) mass is 215 g/mol. The fraction of sp³-hybridized carbons (Fsp3) is 0.900. The average Bonchev–Trinajstić information content (AvgIpc) is 2.20. The summed E-state index contributed by atoms with van der Waals surface area (Å²) in [6.45, 7) is 7.84. The lowest BCUT2D eigenvalue weighted by molar-refractivity contribution is -0.122. The van der Waals surface area contributed by atoms with Gasteiger partial charge in [0.05, 0.1) is 19.3 Å². The normalized spacial score (nSPS) is 24.9. The molecule has 0 aliphatic carbocycles. The molecule has 2 unspecified atom stereocenters. The summed E-state index contributed by atoms with van der Waals surface area (Å²) in [6, 6.07) is 0.0121. The van der Waals surface area contributed by atoms with E-state index in [-0.39, 0.29) is 5.91 Å². The van der Waals surface area contributed by atoms with Gasteiger partial charge in [-0.25, -0.2) is 0 Å². The Morgan fingerprint density at radius 1 is 1.73 bits per heavy atom. The molecule has 0 saturated carbocycles. The van der Waals surface area contributed by atoms with Crippen molar-refractivity contribution in [3.05, 3.63) is 0 Å². The van der Waals surface area contributed by atoms with E-state index < -0.39 is 6.04 Å². The highest BCUT2D eigenvalue weighted by molar-refractivity contribution is 5.80. The van der Waals surface area contributed by atoms with Gasteiger partial charge < -0.3 is 15.8 Å². The average molecular weight is 215 g/mol. The molecule has 2 atom stereocenters. The van der Waals surface area contributed by atoms with Gasteiger partial charge in [0.25, 0.3) is 0 Å². The van der Waals surface area contributed by atoms with Crippen molar-refractivity contribution in [1.29, 1.82) is 0 Å². The lowest BCUT2D eigenvalue weighted by Gasteiger charge is -2.33. The highest BCUT2D eigenvalue weighted by Crippen LogP contribution is 2.04. The third-order valence-corrected chi connectivity index (χ3v) is 2.62. The van der Waals surface area contributed by atoms with Crippen LogP contribution in [0.3, 0.4) is 0 Å². The van der Waals surface area contributed by atoms with Crippen LogP contribution in [0.25, 0.3) is 0 Å². The van der Waals surface area contributed by atoms with Crippen molar-refractivity contribution in [2.75, 3.05) is 32.8 Å². The third kappa shape index (κ3) is 4.15. The largest absolute Gasteiger partial charge is 0.379 e. The predicted octanol–water partition coefficient (Wildman–Crippen LogP) is -0.829. The minimum Gasteiger partial charge on any atom is -0.379 e. The Morgan fingerprint density at radius 2 is 2.47 bits per heavy atom. The lowest BCUT2D eigenvalue weighted by atomic mass is 10.2. The number of hydrogen-bond acceptors (Lipinski definition) is 4. The van der Waals surface area contributed by atoms with Gasteiger partial charge in [0.1, 0.15) is 0 Å². The molecule has 0 aromatic rings. The van der Waals surface area contributed by atoms with Crippen LogP contribution in [0.1, 0.15) is 13.8 Å². The van der Waals surface area contributed by atoms with Crippen molar-refractivity contribution in [1.82, 2.24) is 10.2 Å². The standard InChI is InChI=1S/C10H21N3O2/c1-8-7-15-6-5-13(8)4-3-12-10(14)9(2)11/h8-9H,3-7,11H2,1-2H3,(H,12,14). The van der Waals surface area contributed by atoms with Crippen LogP contribution in [-0.4, -0.2) is 55.7 Å². The van der Waals surface area contributed by atoms with E-state index in [0.29, 0.717) is 12.6 Å². The summed E-state index contributed by atoms with van der Waals surface area (Å²) in [4.78, 5) is 13.5. The Morgan fingerprint density at radius 3 is 3.07 bits per heavy atom. The fourth-order valence-corrected chi connectivity index (χ4v) is 1.58. The van der Waals surface area contributed by atoms with Gasteiger partial charge in [0.15, 0.2) is 0 Å². The van der Waals surface area contributed by atoms with Crippen LogP contribution in [-0.2, 0) is 9.53 Å². The molecule has 5 nitrogen and oxygen atoms in total. The minimum absolute atomic E-state index is 0.0871. The highest BCUT2D eigenvalue weighted by atomic mass is 16.5. The van der Waals surface area contributed by atoms with Crippen molar-refractivity contribution >= 4 is 5.91 Å². The molecule has 1 amide bonds. The Labute approximate surface area is 90.9 Å². The molecule has 1 aliphatic rings. The summed E-state index contributed by atoms with van der Waals surface area (Å²) in [5, 5.41) is 2.80. The van der Waals surface area contributed by atoms with Gasteiger partial charge in [-0.3, -0.25) is 9.69 Å². The summed E-state index contributed by atoms with van der Waals surface area (Å²) in [5.41, 5.74) is 5.44. The Balaban J connectivity index is 2.16. The molecule has 15 heavy (non-hydrogen) atoms. The molecule has 0 spiro atoms. The van der Waals surface area contributed by atoms with Gasteiger partial charge in [-0.05, 0) is 13.8 Å². The second-order valence-electron chi connectivity index (χ2n) is 4.04. The number of amides is 1. The van der Waals surface area contributed by atoms with Crippen LogP contribution in [0.2, 0.25) is 0 Å². The predicted molar refractivity (Wildman–Crippen MR) is 58.5 cm³/mol. The smallest absolute Gasteiger partial charge is 0.236 e. The summed E-state index contributed by atoms with van der Waals surface area (Å²) < 4.78 is 5.33. The zero-order valence-corrected chi connectivity index (χ0v) is 9.53. The van der Waals surface area contributed by atoms with Crippen LogP contribution in [0, 0.1) is 0 Å². The number of nitrogens with two attached hydrogens (primary N) is 1. The van der Waals surface area contributed by atoms with E-state index in [0.717, 1.165) is 26.3 Å². The van der Waals surface area contributed by atoms with E-state index in [1.807, 2.05) is 0 Å². The van der Waals surface area contributed by atoms with Crippen molar-refractivity contribution < 1.29 is 9.53 Å². The first-order valence-corrected chi connectivity index (χ1v) is 5.46. The summed E-state index contributed by atoms with van der Waals surface area (Å²) >= 11 is 0. The van der Waals surface area contributed by atoms with Gasteiger partial charge in [-0.15, -0.1) is 0 Å². The number of ether oxygens (including phenoxy) is 1. The number of carbonyl (C=O) groups excluding carboxylic acids is 1. The minimum atomic E-state index is -0.424. The molecule has 1 heterocycles. The molecule has 0 aromatic heterocycles. The number of hydrogen-bond donors (Lipinski definition) is 2. The maximum absolute atomic E-state index is 11.2. The highest BCUT2D eigenvalue weighted by Gasteiger charge is 2.18. The topological polar surface area (TPSA) is 67.6 Å². The Hall–Kier alpha value is -0.650. The van der Waals surface area contributed by atoms with Crippen molar-refractivity contribution in [3.8, 4) is 0 Å². The van der Waals surface area contributed by atoms with Gasteiger partial charge in [-0.1, -0.05) is 0 Å². The van der Waals surface area contributed by atoms with Crippen molar-refractivity contribution in [3.63, 3.8) is 0 Å². The molecule has 1 fully saturated rings. The van der Waals surface area contributed by atoms with Gasteiger partial charge >= 0.3 is 0 Å². The molecular weight excluding hydrogens is 194 g/mol. The number of nitrogens with one attached hydrogen (secondary N) is 1. The zero-order valence-electron chi connectivity index (χ0n) is 9.53. The Bertz CT molecular complexity index is 209. The van der Waals surface area contributed by atoms with Crippen molar-refractivity contribution in [2.24, 2.45) is 5.73 Å². The van der Waals surface area contributed by atoms with Gasteiger partial charge in [0.2, 0.25) is 5.91 Å². The number of nitrogens with zero attached hydrogens (tertiary/aromatic N) is 1. The van der Waals surface area contributed by atoms with Crippen LogP contribution >= 0.6 is 0 Å². The molecule has 1 rings (SSSR count). The van der Waals surface area contributed by atoms with Crippen LogP contribution in [0.4, 0.5) is 0 Å². The second-order valence-corrected chi connectivity index (χ2v) is 4.04. The fourth-order valence-electron chi connectivity index (χ4n) is 1.58. The van der Waals surface area contributed by atoms with Gasteiger partial charge in [0, 0.05) is 25.7 Å². The van der Waals surface area contributed by atoms with E-state index in [1.54, 1.807) is 6.92 Å². The van der Waals surface area contributed by atoms with Gasteiger partial charge in [-0.2, -0.15) is 0 Å². The molecule has 3 N–H and O–H groups in total. The second kappa shape index (κ2) is 6.05. The first-order chi connectivity index (χ1) is 7.11. The van der Waals surface area contributed by atoms with E-state index in [2.05, 4.69) is 17.1 Å². The molecule has 1 aliphatic heterocycles. The van der Waals surface area contributed by atoms with Crippen LogP contribution in [0.5, 0.6) is 0 Å². The summed E-state index contributed by atoms with van der Waals surface area (Å²) in [5.74, 6) is -0.0871. The van der Waals surface area contributed by atoms with E-state index in [4.69, 9.17) is 10.5 Å². The summed E-state index contributed by atoms with van der Waals surface area (Å²) in [6.07, 6.45) is 0. The maximum Gasteiger partial charge on any atom is 0.236 e. The number of rotatable bonds is 4. The molecular formula is C10H21N3O2. The molecule has 1 saturated heterocycles. The van der Waals surface area contributed by atoms with E-state index in [1.165, 1.54) is 0 Å².